The molecule has 8 heteroatoms. The number of furan rings is 1. The Morgan fingerprint density at radius 3 is 2.07 bits per heavy atom. The summed E-state index contributed by atoms with van der Waals surface area (Å²) in [6.45, 7) is 1.08. The van der Waals surface area contributed by atoms with Gasteiger partial charge in [0.2, 0.25) is 0 Å². The number of nitrogen functional groups attached to an aromatic ring is 2. The van der Waals surface area contributed by atoms with E-state index >= 15 is 0 Å². The third-order valence-corrected chi connectivity index (χ3v) is 3.63. The first-order valence-corrected chi connectivity index (χ1v) is 8.28. The molecule has 7 N–H and O–H groups in total. The molecule has 3 aromatic rings. The first-order chi connectivity index (χ1) is 13.3. The van der Waals surface area contributed by atoms with Gasteiger partial charge in [-0.15, -0.1) is 0 Å². The van der Waals surface area contributed by atoms with Crippen molar-refractivity contribution in [1.29, 1.82) is 10.8 Å². The number of amidine groups is 2. The molecule has 3 rings (SSSR count). The summed E-state index contributed by atoms with van der Waals surface area (Å²) < 4.78 is 5.84. The van der Waals surface area contributed by atoms with Gasteiger partial charge >= 0.3 is 0 Å². The van der Waals surface area contributed by atoms with Crippen LogP contribution in [0.3, 0.4) is 0 Å². The Bertz CT molecular complexity index is 972. The minimum Gasteiger partial charge on any atom is -0.481 e. The van der Waals surface area contributed by atoms with Crippen molar-refractivity contribution in [2.45, 2.75) is 13.3 Å². The molecule has 28 heavy (non-hydrogen) atoms. The lowest BCUT2D eigenvalue weighted by molar-refractivity contribution is -0.134. The quantitative estimate of drug-likeness (QED) is 0.338. The Morgan fingerprint density at radius 1 is 1.00 bits per heavy atom. The van der Waals surface area contributed by atoms with Crippen molar-refractivity contribution in [3.05, 3.63) is 77.2 Å². The molecule has 0 radical (unpaired) electrons. The van der Waals surface area contributed by atoms with Crippen LogP contribution in [0.5, 0.6) is 0 Å². The van der Waals surface area contributed by atoms with Crippen LogP contribution in [0.15, 0.2) is 59.1 Å². The fourth-order valence-electron chi connectivity index (χ4n) is 2.31. The van der Waals surface area contributed by atoms with Crippen molar-refractivity contribution in [3.63, 3.8) is 0 Å². The van der Waals surface area contributed by atoms with E-state index in [9.17, 15) is 0 Å². The van der Waals surface area contributed by atoms with Crippen molar-refractivity contribution < 1.29 is 14.3 Å². The third kappa shape index (κ3) is 5.80. The second-order valence-electron chi connectivity index (χ2n) is 5.92. The zero-order valence-corrected chi connectivity index (χ0v) is 15.3. The summed E-state index contributed by atoms with van der Waals surface area (Å²) in [6.07, 6.45) is 2.20. The number of hydrogen-bond donors (Lipinski definition) is 5. The van der Waals surface area contributed by atoms with E-state index in [4.69, 9.17) is 36.6 Å². The van der Waals surface area contributed by atoms with E-state index in [1.165, 1.54) is 0 Å². The number of aromatic nitrogens is 1. The maximum absolute atomic E-state index is 9.00. The van der Waals surface area contributed by atoms with Crippen molar-refractivity contribution >= 4 is 17.6 Å². The Hall–Kier alpha value is -3.94. The molecule has 0 aliphatic carbocycles. The van der Waals surface area contributed by atoms with Crippen molar-refractivity contribution in [2.24, 2.45) is 11.5 Å². The monoisotopic (exact) mass is 379 g/mol. The van der Waals surface area contributed by atoms with E-state index in [0.717, 1.165) is 18.2 Å². The Morgan fingerprint density at radius 2 is 1.57 bits per heavy atom. The van der Waals surface area contributed by atoms with Crippen molar-refractivity contribution in [1.82, 2.24) is 4.98 Å². The Balaban J connectivity index is 0.000000640. The number of pyridine rings is 1. The summed E-state index contributed by atoms with van der Waals surface area (Å²) in [5.74, 6) is 0.698. The van der Waals surface area contributed by atoms with E-state index in [2.05, 4.69) is 4.98 Å². The predicted molar refractivity (Wildman–Crippen MR) is 107 cm³/mol. The molecule has 0 atom stereocenters. The van der Waals surface area contributed by atoms with E-state index in [1.54, 1.807) is 18.3 Å². The SMILES string of the molecule is CC(=O)O.N=C(N)c1ccc(Cc2ccc(-c3ccc(C(=N)N)cn3)o2)cc1. The number of benzene rings is 1. The lowest BCUT2D eigenvalue weighted by Gasteiger charge is -2.02. The van der Waals surface area contributed by atoms with Crippen LogP contribution in [0.2, 0.25) is 0 Å². The average Bonchev–Trinajstić information content (AvgIpc) is 3.10. The highest BCUT2D eigenvalue weighted by Crippen LogP contribution is 2.22. The topological polar surface area (TPSA) is 163 Å². The molecule has 0 saturated heterocycles. The van der Waals surface area contributed by atoms with Crippen LogP contribution in [0.25, 0.3) is 11.5 Å². The van der Waals surface area contributed by atoms with Crippen LogP contribution >= 0.6 is 0 Å². The first kappa shape index (κ1) is 20.4. The lowest BCUT2D eigenvalue weighted by atomic mass is 10.1. The molecule has 0 aliphatic heterocycles. The maximum Gasteiger partial charge on any atom is 0.300 e. The molecule has 0 amide bonds. The largest absolute Gasteiger partial charge is 0.481 e. The highest BCUT2D eigenvalue weighted by molar-refractivity contribution is 5.95. The molecular formula is C20H21N5O3. The molecular weight excluding hydrogens is 358 g/mol. The van der Waals surface area contributed by atoms with Gasteiger partial charge in [-0.05, 0) is 29.8 Å². The molecule has 0 aliphatic rings. The smallest absolute Gasteiger partial charge is 0.300 e. The minimum absolute atomic E-state index is 0.0109. The van der Waals surface area contributed by atoms with E-state index < -0.39 is 5.97 Å². The van der Waals surface area contributed by atoms with Gasteiger partial charge in [-0.3, -0.25) is 20.6 Å². The molecule has 0 fully saturated rings. The molecule has 1 aromatic carbocycles. The summed E-state index contributed by atoms with van der Waals surface area (Å²) >= 11 is 0. The molecule has 8 nitrogen and oxygen atoms in total. The summed E-state index contributed by atoms with van der Waals surface area (Å²) in [5, 5.41) is 22.2. The van der Waals surface area contributed by atoms with E-state index in [0.29, 0.717) is 29.0 Å². The van der Waals surface area contributed by atoms with Gasteiger partial charge in [0.05, 0.1) is 0 Å². The minimum atomic E-state index is -0.833. The lowest BCUT2D eigenvalue weighted by Crippen LogP contribution is -2.11. The van der Waals surface area contributed by atoms with Gasteiger partial charge < -0.3 is 21.0 Å². The second kappa shape index (κ2) is 9.13. The molecule has 0 unspecified atom stereocenters. The summed E-state index contributed by atoms with van der Waals surface area (Å²) in [7, 11) is 0. The van der Waals surface area contributed by atoms with Crippen LogP contribution in [-0.4, -0.2) is 27.7 Å². The van der Waals surface area contributed by atoms with Gasteiger partial charge in [-0.25, -0.2) is 0 Å². The Kier molecular flexibility index (Phi) is 6.64. The van der Waals surface area contributed by atoms with E-state index in [1.807, 2.05) is 36.4 Å². The summed E-state index contributed by atoms with van der Waals surface area (Å²) in [6, 6.07) is 14.8. The number of nitrogens with zero attached hydrogens (tertiary/aromatic N) is 1. The highest BCUT2D eigenvalue weighted by Gasteiger charge is 2.08. The zero-order chi connectivity index (χ0) is 20.7. The fourth-order valence-corrected chi connectivity index (χ4v) is 2.31. The summed E-state index contributed by atoms with van der Waals surface area (Å²) in [4.78, 5) is 13.3. The van der Waals surface area contributed by atoms with Crippen LogP contribution in [0, 0.1) is 10.8 Å². The van der Waals surface area contributed by atoms with Crippen LogP contribution in [0.1, 0.15) is 29.4 Å². The van der Waals surface area contributed by atoms with Crippen LogP contribution in [0.4, 0.5) is 0 Å². The Labute approximate surface area is 161 Å². The van der Waals surface area contributed by atoms with Gasteiger partial charge in [0.1, 0.15) is 23.1 Å². The molecule has 2 heterocycles. The van der Waals surface area contributed by atoms with Crippen LogP contribution < -0.4 is 11.5 Å². The van der Waals surface area contributed by atoms with Crippen molar-refractivity contribution in [3.8, 4) is 11.5 Å². The number of nitrogens with two attached hydrogens (primary N) is 2. The average molecular weight is 379 g/mol. The maximum atomic E-state index is 9.00. The fraction of sp³-hybridized carbons (Fsp3) is 0.100. The number of rotatable bonds is 5. The van der Waals surface area contributed by atoms with Crippen LogP contribution in [-0.2, 0) is 11.2 Å². The van der Waals surface area contributed by atoms with Gasteiger partial charge in [0, 0.05) is 30.7 Å². The standard InChI is InChI=1S/C18H17N5O.C2H4O2/c19-17(20)12-3-1-11(2-4-12)9-14-6-8-16(24-14)15-7-5-13(10-23-15)18(21)22;1-2(3)4/h1-8,10H,9H2,(H3,19,20)(H3,21,22);1H3,(H,3,4). The number of hydrogen-bond acceptors (Lipinski definition) is 5. The van der Waals surface area contributed by atoms with Crippen molar-refractivity contribution in [2.75, 3.05) is 0 Å². The number of nitrogens with one attached hydrogen (secondary N) is 2. The van der Waals surface area contributed by atoms with E-state index in [-0.39, 0.29) is 11.7 Å². The zero-order valence-electron chi connectivity index (χ0n) is 15.3. The molecule has 0 bridgehead atoms. The third-order valence-electron chi connectivity index (χ3n) is 3.63. The number of aliphatic carboxylic acids is 1. The van der Waals surface area contributed by atoms with Gasteiger partial charge in [0.25, 0.3) is 5.97 Å². The van der Waals surface area contributed by atoms with Gasteiger partial charge in [-0.2, -0.15) is 0 Å². The molecule has 0 saturated carbocycles. The predicted octanol–water partition coefficient (Wildman–Crippen LogP) is 2.59. The first-order valence-electron chi connectivity index (χ1n) is 8.28. The summed E-state index contributed by atoms with van der Waals surface area (Å²) in [5.41, 5.74) is 13.9. The molecule has 0 spiro atoms. The van der Waals surface area contributed by atoms with Gasteiger partial charge in [0.15, 0.2) is 5.76 Å². The molecule has 2 aromatic heterocycles. The normalized spacial score (nSPS) is 9.89. The number of carboxylic acids is 1. The van der Waals surface area contributed by atoms with Gasteiger partial charge in [-0.1, -0.05) is 24.3 Å². The second-order valence-corrected chi connectivity index (χ2v) is 5.92. The molecule has 144 valence electrons. The number of carboxylic acid groups (broad SMARTS) is 1. The highest BCUT2D eigenvalue weighted by atomic mass is 16.4. The number of carbonyl (C=O) groups is 1.